The summed E-state index contributed by atoms with van der Waals surface area (Å²) in [5.74, 6) is 0. The van der Waals surface area contributed by atoms with Crippen molar-refractivity contribution in [3.63, 3.8) is 0 Å². The first-order valence-electron chi connectivity index (χ1n) is 7.70. The molecule has 6 nitrogen and oxygen atoms in total. The molecule has 0 unspecified atom stereocenters. The number of aromatic amines is 2. The van der Waals surface area contributed by atoms with E-state index in [1.807, 2.05) is 0 Å². The summed E-state index contributed by atoms with van der Waals surface area (Å²) >= 11 is 0. The third-order valence-electron chi connectivity index (χ3n) is 4.49. The zero-order valence-electron chi connectivity index (χ0n) is 12.4. The quantitative estimate of drug-likeness (QED) is 0.687. The molecule has 3 N–H and O–H groups in total. The molecule has 1 aliphatic rings. The van der Waals surface area contributed by atoms with Gasteiger partial charge in [0.25, 0.3) is 5.56 Å². The molecule has 0 aliphatic heterocycles. The minimum Gasteiger partial charge on any atom is -0.350 e. The number of H-pyrrole nitrogens is 2. The van der Waals surface area contributed by atoms with Crippen LogP contribution in [0.2, 0.25) is 0 Å². The minimum absolute atomic E-state index is 0.0292. The van der Waals surface area contributed by atoms with Gasteiger partial charge in [0, 0.05) is 28.5 Å². The molecule has 120 valence electrons. The van der Waals surface area contributed by atoms with Crippen LogP contribution < -0.4 is 10.3 Å². The largest absolute Gasteiger partial charge is 0.350 e. The van der Waals surface area contributed by atoms with Gasteiger partial charge >= 0.3 is 0 Å². The summed E-state index contributed by atoms with van der Waals surface area (Å²) in [6.07, 6.45) is 5.48. The summed E-state index contributed by atoms with van der Waals surface area (Å²) in [5, 5.41) is 1.46. The molecule has 0 spiro atoms. The first-order chi connectivity index (χ1) is 11.0. The predicted octanol–water partition coefficient (Wildman–Crippen LogP) is 2.23. The van der Waals surface area contributed by atoms with E-state index in [-0.39, 0.29) is 16.5 Å². The number of fused-ring (bicyclic) bond motifs is 3. The normalized spacial score (nSPS) is 16.5. The molecular formula is C16H17N3O3S. The number of aromatic nitrogens is 2. The van der Waals surface area contributed by atoms with Crippen molar-refractivity contribution in [3.8, 4) is 0 Å². The summed E-state index contributed by atoms with van der Waals surface area (Å²) in [5.41, 5.74) is 0.990. The molecule has 0 bridgehead atoms. The van der Waals surface area contributed by atoms with Crippen molar-refractivity contribution in [3.05, 3.63) is 40.8 Å². The lowest BCUT2D eigenvalue weighted by atomic mass is 10.2. The van der Waals surface area contributed by atoms with Crippen LogP contribution in [0.4, 0.5) is 0 Å². The monoisotopic (exact) mass is 331 g/mol. The summed E-state index contributed by atoms with van der Waals surface area (Å²) < 4.78 is 27.9. The molecule has 4 rings (SSSR count). The Morgan fingerprint density at radius 2 is 1.87 bits per heavy atom. The Hall–Kier alpha value is -2.12. The Morgan fingerprint density at radius 3 is 2.65 bits per heavy atom. The number of hydrogen-bond acceptors (Lipinski definition) is 3. The molecular weight excluding hydrogens is 314 g/mol. The maximum Gasteiger partial charge on any atom is 0.272 e. The van der Waals surface area contributed by atoms with Gasteiger partial charge in [-0.05, 0) is 37.1 Å². The van der Waals surface area contributed by atoms with Gasteiger partial charge in [-0.1, -0.05) is 12.8 Å². The first-order valence-corrected chi connectivity index (χ1v) is 9.18. The Kier molecular flexibility index (Phi) is 3.28. The van der Waals surface area contributed by atoms with E-state index in [0.29, 0.717) is 5.52 Å². The third kappa shape index (κ3) is 2.46. The highest BCUT2D eigenvalue weighted by molar-refractivity contribution is 7.89. The number of nitrogens with one attached hydrogen (secondary N) is 3. The fraction of sp³-hybridized carbons (Fsp3) is 0.312. The Labute approximate surface area is 133 Å². The molecule has 1 fully saturated rings. The molecule has 1 aliphatic carbocycles. The molecule has 23 heavy (non-hydrogen) atoms. The van der Waals surface area contributed by atoms with E-state index in [1.54, 1.807) is 30.5 Å². The number of benzene rings is 1. The van der Waals surface area contributed by atoms with Crippen molar-refractivity contribution in [1.29, 1.82) is 0 Å². The molecule has 1 aromatic carbocycles. The number of hydrogen-bond donors (Lipinski definition) is 3. The average molecular weight is 331 g/mol. The first kappa shape index (κ1) is 14.5. The standard InChI is InChI=1S/C16H17N3O3S/c20-16-15-12(7-8-17-16)13-9-11(5-6-14(13)18-15)23(21,22)19-10-3-1-2-4-10/h5-10,18-19H,1-4H2,(H,17,20). The van der Waals surface area contributed by atoms with Gasteiger partial charge in [0.05, 0.1) is 4.90 Å². The van der Waals surface area contributed by atoms with Crippen molar-refractivity contribution in [2.24, 2.45) is 0 Å². The molecule has 7 heteroatoms. The number of pyridine rings is 1. The summed E-state index contributed by atoms with van der Waals surface area (Å²) in [6.45, 7) is 0. The Morgan fingerprint density at radius 1 is 1.09 bits per heavy atom. The SMILES string of the molecule is O=c1[nH]ccc2c1[nH]c1ccc(S(=O)(=O)NC3CCCC3)cc12. The third-order valence-corrected chi connectivity index (χ3v) is 6.01. The summed E-state index contributed by atoms with van der Waals surface area (Å²) in [7, 11) is -3.54. The van der Waals surface area contributed by atoms with Gasteiger partial charge in [0.1, 0.15) is 5.52 Å². The summed E-state index contributed by atoms with van der Waals surface area (Å²) in [6, 6.07) is 6.71. The molecule has 3 aromatic rings. The minimum atomic E-state index is -3.54. The van der Waals surface area contributed by atoms with Gasteiger partial charge in [-0.25, -0.2) is 13.1 Å². The highest BCUT2D eigenvalue weighted by Crippen LogP contribution is 2.26. The van der Waals surface area contributed by atoms with Gasteiger partial charge in [-0.3, -0.25) is 4.79 Å². The molecule has 2 heterocycles. The van der Waals surface area contributed by atoms with E-state index in [0.717, 1.165) is 42.0 Å². The molecule has 0 radical (unpaired) electrons. The van der Waals surface area contributed by atoms with Crippen LogP contribution in [0.3, 0.4) is 0 Å². The van der Waals surface area contributed by atoms with Crippen molar-refractivity contribution >= 4 is 31.8 Å². The molecule has 0 saturated heterocycles. The van der Waals surface area contributed by atoms with Crippen molar-refractivity contribution in [1.82, 2.24) is 14.7 Å². The Balaban J connectivity index is 1.83. The van der Waals surface area contributed by atoms with Crippen LogP contribution in [0.15, 0.2) is 40.2 Å². The lowest BCUT2D eigenvalue weighted by molar-refractivity contribution is 0.552. The highest BCUT2D eigenvalue weighted by atomic mass is 32.2. The van der Waals surface area contributed by atoms with E-state index >= 15 is 0 Å². The van der Waals surface area contributed by atoms with Crippen LogP contribution in [0.1, 0.15) is 25.7 Å². The van der Waals surface area contributed by atoms with Gasteiger partial charge < -0.3 is 9.97 Å². The lowest BCUT2D eigenvalue weighted by Gasteiger charge is -2.12. The van der Waals surface area contributed by atoms with Crippen LogP contribution in [0, 0.1) is 0 Å². The fourth-order valence-corrected chi connectivity index (χ4v) is 4.65. The van der Waals surface area contributed by atoms with E-state index in [2.05, 4.69) is 14.7 Å². The van der Waals surface area contributed by atoms with Crippen LogP contribution >= 0.6 is 0 Å². The summed E-state index contributed by atoms with van der Waals surface area (Å²) in [4.78, 5) is 17.7. The zero-order valence-corrected chi connectivity index (χ0v) is 13.2. The molecule has 0 amide bonds. The zero-order chi connectivity index (χ0) is 16.0. The molecule has 1 saturated carbocycles. The molecule has 2 aromatic heterocycles. The van der Waals surface area contributed by atoms with Gasteiger partial charge in [0.15, 0.2) is 0 Å². The van der Waals surface area contributed by atoms with Crippen molar-refractivity contribution < 1.29 is 8.42 Å². The second-order valence-electron chi connectivity index (χ2n) is 6.03. The maximum absolute atomic E-state index is 12.6. The Bertz CT molecular complexity index is 1040. The van der Waals surface area contributed by atoms with Crippen LogP contribution in [0.25, 0.3) is 21.8 Å². The van der Waals surface area contributed by atoms with Gasteiger partial charge in [-0.2, -0.15) is 0 Å². The van der Waals surface area contributed by atoms with E-state index < -0.39 is 10.0 Å². The van der Waals surface area contributed by atoms with E-state index in [1.165, 1.54) is 0 Å². The van der Waals surface area contributed by atoms with Gasteiger partial charge in [-0.15, -0.1) is 0 Å². The van der Waals surface area contributed by atoms with Crippen molar-refractivity contribution in [2.45, 2.75) is 36.6 Å². The maximum atomic E-state index is 12.6. The number of sulfonamides is 1. The lowest BCUT2D eigenvalue weighted by Crippen LogP contribution is -2.32. The van der Waals surface area contributed by atoms with Gasteiger partial charge in [0.2, 0.25) is 10.0 Å². The predicted molar refractivity (Wildman–Crippen MR) is 89.0 cm³/mol. The second kappa shape index (κ2) is 5.21. The van der Waals surface area contributed by atoms with Crippen LogP contribution in [-0.4, -0.2) is 24.4 Å². The fourth-order valence-electron chi connectivity index (χ4n) is 3.32. The smallest absolute Gasteiger partial charge is 0.272 e. The highest BCUT2D eigenvalue weighted by Gasteiger charge is 2.23. The van der Waals surface area contributed by atoms with E-state index in [4.69, 9.17) is 0 Å². The topological polar surface area (TPSA) is 94.8 Å². The molecule has 0 atom stereocenters. The van der Waals surface area contributed by atoms with Crippen LogP contribution in [-0.2, 0) is 10.0 Å². The second-order valence-corrected chi connectivity index (χ2v) is 7.74. The average Bonchev–Trinajstić information content (AvgIpc) is 3.14. The van der Waals surface area contributed by atoms with Crippen LogP contribution in [0.5, 0.6) is 0 Å². The number of rotatable bonds is 3. The van der Waals surface area contributed by atoms with Crippen molar-refractivity contribution in [2.75, 3.05) is 0 Å². The van der Waals surface area contributed by atoms with E-state index in [9.17, 15) is 13.2 Å².